The number of carbonyl (C=O) groups is 2. The summed E-state index contributed by atoms with van der Waals surface area (Å²) in [7, 11) is 0. The second kappa shape index (κ2) is 11.8. The smallest absolute Gasteiger partial charge is 0.410 e. The third-order valence-electron chi connectivity index (χ3n) is 8.78. The molecule has 2 atom stereocenters. The fourth-order valence-corrected chi connectivity index (χ4v) is 6.55. The Bertz CT molecular complexity index is 1360. The number of likely N-dealkylation sites (tertiary alicyclic amines) is 2. The van der Waals surface area contributed by atoms with Gasteiger partial charge in [0.05, 0.1) is 5.69 Å². The maximum Gasteiger partial charge on any atom is 0.410 e. The van der Waals surface area contributed by atoms with Crippen molar-refractivity contribution < 1.29 is 18.7 Å². The Balaban J connectivity index is 1.09. The van der Waals surface area contributed by atoms with E-state index in [1.807, 2.05) is 36.4 Å². The van der Waals surface area contributed by atoms with Crippen LogP contribution in [0.5, 0.6) is 0 Å². The van der Waals surface area contributed by atoms with Crippen LogP contribution in [0.3, 0.4) is 0 Å². The number of nitrogens with one attached hydrogen (secondary N) is 1. The van der Waals surface area contributed by atoms with Crippen LogP contribution in [0.25, 0.3) is 0 Å². The molecule has 3 fully saturated rings. The molecule has 3 aromatic carbocycles. The van der Waals surface area contributed by atoms with Crippen LogP contribution in [0.15, 0.2) is 72.8 Å². The molecule has 3 aromatic rings. The van der Waals surface area contributed by atoms with Gasteiger partial charge in [-0.1, -0.05) is 66.2 Å². The van der Waals surface area contributed by atoms with Crippen molar-refractivity contribution >= 4 is 23.5 Å². The minimum Gasteiger partial charge on any atom is -0.445 e. The van der Waals surface area contributed by atoms with Crippen LogP contribution in [0.4, 0.5) is 25.4 Å². The van der Waals surface area contributed by atoms with Gasteiger partial charge in [0.1, 0.15) is 18.1 Å². The van der Waals surface area contributed by atoms with Crippen molar-refractivity contribution in [2.45, 2.75) is 57.2 Å². The number of rotatable bonds is 5. The Morgan fingerprint density at radius 2 is 1.54 bits per heavy atom. The monoisotopic (exact) mass is 556 g/mol. The molecule has 3 aliphatic heterocycles. The molecule has 7 nitrogen and oxygen atoms in total. The lowest BCUT2D eigenvalue weighted by Gasteiger charge is -2.42. The summed E-state index contributed by atoms with van der Waals surface area (Å²) in [5.41, 5.74) is 4.39. The van der Waals surface area contributed by atoms with Crippen LogP contribution >= 0.6 is 0 Å². The molecular weight excluding hydrogens is 519 g/mol. The van der Waals surface area contributed by atoms with Gasteiger partial charge in [0.15, 0.2) is 0 Å². The number of ether oxygens (including phenoxy) is 1. The Labute approximate surface area is 240 Å². The number of nitrogens with zero attached hydrogens (tertiary/aromatic N) is 3. The molecule has 3 saturated heterocycles. The third-order valence-corrected chi connectivity index (χ3v) is 8.78. The molecule has 0 saturated carbocycles. The summed E-state index contributed by atoms with van der Waals surface area (Å²) < 4.78 is 20.8. The molecule has 2 unspecified atom stereocenters. The number of anilines is 2. The number of hydrogen-bond donors (Lipinski definition) is 1. The normalized spacial score (nSPS) is 20.7. The average molecular weight is 557 g/mol. The van der Waals surface area contributed by atoms with Crippen LogP contribution in [-0.4, -0.2) is 60.2 Å². The number of hydrogen-bond acceptors (Lipinski definition) is 4. The first-order valence-electron chi connectivity index (χ1n) is 14.6. The van der Waals surface area contributed by atoms with Crippen LogP contribution in [-0.2, 0) is 11.3 Å². The van der Waals surface area contributed by atoms with Crippen molar-refractivity contribution in [3.05, 3.63) is 95.3 Å². The van der Waals surface area contributed by atoms with Gasteiger partial charge in [0.2, 0.25) is 0 Å². The molecule has 0 aliphatic carbocycles. The summed E-state index contributed by atoms with van der Waals surface area (Å²) in [5, 5.41) is 2.91. The minimum atomic E-state index is -0.450. The molecule has 3 amide bonds. The fourth-order valence-electron chi connectivity index (χ4n) is 6.55. The first-order chi connectivity index (χ1) is 20.0. The van der Waals surface area contributed by atoms with E-state index in [2.05, 4.69) is 41.4 Å². The van der Waals surface area contributed by atoms with Gasteiger partial charge in [-0.3, -0.25) is 0 Å². The van der Waals surface area contributed by atoms with Crippen LogP contribution in [0.2, 0.25) is 0 Å². The van der Waals surface area contributed by atoms with E-state index in [9.17, 15) is 9.59 Å². The summed E-state index contributed by atoms with van der Waals surface area (Å²) in [5.74, 6) is -0.0236. The Morgan fingerprint density at radius 3 is 2.22 bits per heavy atom. The average Bonchev–Trinajstić information content (AvgIpc) is 3.26. The molecule has 0 aromatic heterocycles. The number of fused-ring (bicyclic) bond motifs is 2. The zero-order valence-electron chi connectivity index (χ0n) is 23.5. The van der Waals surface area contributed by atoms with E-state index in [-0.39, 0.29) is 36.5 Å². The van der Waals surface area contributed by atoms with Crippen molar-refractivity contribution in [3.63, 3.8) is 0 Å². The highest BCUT2D eigenvalue weighted by atomic mass is 19.1. The number of urea groups is 1. The summed E-state index contributed by atoms with van der Waals surface area (Å²) >= 11 is 0. The Morgan fingerprint density at radius 1 is 0.854 bits per heavy atom. The van der Waals surface area contributed by atoms with Gasteiger partial charge in [-0.05, 0) is 61.8 Å². The molecule has 6 rings (SSSR count). The van der Waals surface area contributed by atoms with E-state index >= 15 is 4.39 Å². The molecule has 41 heavy (non-hydrogen) atoms. The van der Waals surface area contributed by atoms with Gasteiger partial charge < -0.3 is 24.8 Å². The van der Waals surface area contributed by atoms with E-state index in [1.54, 1.807) is 15.9 Å². The molecule has 214 valence electrons. The number of piperidine rings is 1. The molecule has 8 heteroatoms. The van der Waals surface area contributed by atoms with Gasteiger partial charge >= 0.3 is 12.1 Å². The summed E-state index contributed by atoms with van der Waals surface area (Å²) in [4.78, 5) is 31.9. The first-order valence-corrected chi connectivity index (χ1v) is 14.6. The Kier molecular flexibility index (Phi) is 7.81. The first kappa shape index (κ1) is 27.1. The maximum atomic E-state index is 15.2. The molecule has 0 radical (unpaired) electrons. The number of benzene rings is 3. The third kappa shape index (κ3) is 5.87. The molecule has 2 bridgehead atoms. The van der Waals surface area contributed by atoms with E-state index in [1.165, 1.54) is 17.2 Å². The number of halogens is 1. The number of piperazine rings is 1. The highest BCUT2D eigenvalue weighted by molar-refractivity contribution is 5.94. The number of carbonyl (C=O) groups excluding carboxylic acids is 2. The topological polar surface area (TPSA) is 65.1 Å². The van der Waals surface area contributed by atoms with Gasteiger partial charge in [-0.2, -0.15) is 0 Å². The molecule has 3 heterocycles. The van der Waals surface area contributed by atoms with Crippen molar-refractivity contribution in [1.82, 2.24) is 9.80 Å². The molecular formula is C33H37FN4O3. The van der Waals surface area contributed by atoms with E-state index in [4.69, 9.17) is 4.74 Å². The van der Waals surface area contributed by atoms with Crippen molar-refractivity contribution in [1.29, 1.82) is 0 Å². The predicted molar refractivity (Wildman–Crippen MR) is 158 cm³/mol. The summed E-state index contributed by atoms with van der Waals surface area (Å²) in [6, 6.07) is 23.0. The van der Waals surface area contributed by atoms with Gasteiger partial charge in [-0.25, -0.2) is 14.0 Å². The van der Waals surface area contributed by atoms with E-state index in [0.29, 0.717) is 37.8 Å². The fraction of sp³-hybridized carbons (Fsp3) is 0.394. The molecule has 3 aliphatic rings. The number of para-hydroxylation sites is 1. The molecule has 0 spiro atoms. The minimum absolute atomic E-state index is 0.0285. The van der Waals surface area contributed by atoms with E-state index < -0.39 is 5.82 Å². The second-order valence-electron chi connectivity index (χ2n) is 11.5. The Hall–Kier alpha value is -4.07. The van der Waals surface area contributed by atoms with Gasteiger partial charge in [0, 0.05) is 38.3 Å². The van der Waals surface area contributed by atoms with Crippen LogP contribution < -0.4 is 10.2 Å². The summed E-state index contributed by atoms with van der Waals surface area (Å²) in [6.45, 7) is 4.57. The van der Waals surface area contributed by atoms with Crippen molar-refractivity contribution in [3.8, 4) is 0 Å². The molecule has 1 N–H and O–H groups in total. The van der Waals surface area contributed by atoms with E-state index in [0.717, 1.165) is 31.2 Å². The zero-order chi connectivity index (χ0) is 28.3. The zero-order valence-corrected chi connectivity index (χ0v) is 23.5. The number of amides is 3. The van der Waals surface area contributed by atoms with Crippen molar-refractivity contribution in [2.75, 3.05) is 36.4 Å². The van der Waals surface area contributed by atoms with Gasteiger partial charge in [0.25, 0.3) is 0 Å². The maximum absolute atomic E-state index is 15.2. The van der Waals surface area contributed by atoms with Crippen molar-refractivity contribution in [2.24, 2.45) is 0 Å². The van der Waals surface area contributed by atoms with Crippen LogP contribution in [0, 0.1) is 12.7 Å². The highest BCUT2D eigenvalue weighted by Gasteiger charge is 2.43. The SMILES string of the molecule is Cc1ccc(C2CCN(C(=O)Nc3c(F)cccc3N3C4CCC3CN(C(=O)OCc3ccccc3)C4)CC2)cc1. The second-order valence-corrected chi connectivity index (χ2v) is 11.5. The standard InChI is InChI=1S/C33H37FN4O3/c1-23-10-12-25(13-11-23)26-16-18-36(19-17-26)32(39)35-31-29(34)8-5-9-30(31)38-27-14-15-28(38)21-37(20-27)33(40)41-22-24-6-3-2-4-7-24/h2-13,26-28H,14-22H2,1H3,(H,35,39). The largest absolute Gasteiger partial charge is 0.445 e. The highest BCUT2D eigenvalue weighted by Crippen LogP contribution is 2.40. The van der Waals surface area contributed by atoms with Gasteiger partial charge in [-0.15, -0.1) is 0 Å². The lowest BCUT2D eigenvalue weighted by molar-refractivity contribution is 0.0881. The quantitative estimate of drug-likeness (QED) is 0.388. The predicted octanol–water partition coefficient (Wildman–Crippen LogP) is 6.54. The number of aryl methyl sites for hydroxylation is 1. The lowest BCUT2D eigenvalue weighted by Crippen LogP contribution is -2.55. The lowest BCUT2D eigenvalue weighted by atomic mass is 9.89. The summed E-state index contributed by atoms with van der Waals surface area (Å²) in [6.07, 6.45) is 3.22. The van der Waals surface area contributed by atoms with Crippen LogP contribution in [0.1, 0.15) is 48.3 Å².